The zero-order chi connectivity index (χ0) is 10.4. The molecule has 0 aliphatic heterocycles. The summed E-state index contributed by atoms with van der Waals surface area (Å²) in [6, 6.07) is 5.48. The molecular formula is C9H8N4S. The van der Waals surface area contributed by atoms with E-state index in [1.807, 2.05) is 12.1 Å². The number of nitrogens with one attached hydrogen (secondary N) is 1. The standard InChI is InChI=1S/C9H8N4S/c10-4-7(9(11)14)5-13-8-2-1-3-12-6-8/h1-3,5-6,13H,(H2,11,14). The molecule has 1 rings (SSSR count). The van der Waals surface area contributed by atoms with Gasteiger partial charge in [0.1, 0.15) is 16.6 Å². The Morgan fingerprint density at radius 2 is 2.50 bits per heavy atom. The molecule has 0 saturated heterocycles. The molecule has 0 atom stereocenters. The van der Waals surface area contributed by atoms with Gasteiger partial charge in [0.05, 0.1) is 11.9 Å². The number of hydrogen-bond acceptors (Lipinski definition) is 4. The number of rotatable bonds is 3. The van der Waals surface area contributed by atoms with Crippen LogP contribution in [0.1, 0.15) is 0 Å². The van der Waals surface area contributed by atoms with Gasteiger partial charge in [-0.05, 0) is 12.1 Å². The molecule has 1 heterocycles. The van der Waals surface area contributed by atoms with E-state index in [0.717, 1.165) is 5.69 Å². The zero-order valence-corrected chi connectivity index (χ0v) is 8.08. The molecule has 0 aliphatic carbocycles. The minimum absolute atomic E-state index is 0.0730. The van der Waals surface area contributed by atoms with Crippen molar-refractivity contribution in [2.45, 2.75) is 0 Å². The van der Waals surface area contributed by atoms with Gasteiger partial charge in [0.2, 0.25) is 0 Å². The van der Waals surface area contributed by atoms with Gasteiger partial charge >= 0.3 is 0 Å². The summed E-state index contributed by atoms with van der Waals surface area (Å²) in [6.07, 6.45) is 4.75. The Balaban J connectivity index is 2.73. The molecule has 0 aliphatic rings. The number of thiocarbonyl (C=S) groups is 1. The fourth-order valence-electron chi connectivity index (χ4n) is 0.762. The van der Waals surface area contributed by atoms with Crippen molar-refractivity contribution in [2.75, 3.05) is 5.32 Å². The Morgan fingerprint density at radius 3 is 3.00 bits per heavy atom. The molecule has 0 saturated carbocycles. The first-order chi connectivity index (χ1) is 6.74. The van der Waals surface area contributed by atoms with Crippen molar-refractivity contribution < 1.29 is 0 Å². The van der Waals surface area contributed by atoms with Crippen LogP contribution in [-0.2, 0) is 0 Å². The van der Waals surface area contributed by atoms with Crippen molar-refractivity contribution >= 4 is 22.9 Å². The Labute approximate surface area is 87.1 Å². The van der Waals surface area contributed by atoms with Gasteiger partial charge in [-0.15, -0.1) is 0 Å². The maximum Gasteiger partial charge on any atom is 0.116 e. The molecule has 1 aromatic heterocycles. The van der Waals surface area contributed by atoms with E-state index in [0.29, 0.717) is 0 Å². The van der Waals surface area contributed by atoms with Crippen LogP contribution in [0.5, 0.6) is 0 Å². The fourth-order valence-corrected chi connectivity index (χ4v) is 0.867. The highest BCUT2D eigenvalue weighted by atomic mass is 32.1. The fraction of sp³-hybridized carbons (Fsp3) is 0. The second-order valence-electron chi connectivity index (χ2n) is 2.42. The molecule has 0 radical (unpaired) electrons. The van der Waals surface area contributed by atoms with Gasteiger partial charge < -0.3 is 11.1 Å². The normalized spacial score (nSPS) is 10.4. The summed E-state index contributed by atoms with van der Waals surface area (Å²) in [5.74, 6) is 0. The molecule has 4 nitrogen and oxygen atoms in total. The van der Waals surface area contributed by atoms with Crippen molar-refractivity contribution in [1.82, 2.24) is 4.98 Å². The number of nitrogens with two attached hydrogens (primary N) is 1. The molecule has 0 aromatic carbocycles. The molecule has 0 amide bonds. The molecule has 1 aromatic rings. The second kappa shape index (κ2) is 4.94. The van der Waals surface area contributed by atoms with Gasteiger partial charge in [0, 0.05) is 12.4 Å². The third-order valence-electron chi connectivity index (χ3n) is 1.43. The van der Waals surface area contributed by atoms with E-state index >= 15 is 0 Å². The van der Waals surface area contributed by atoms with Gasteiger partial charge in [0.25, 0.3) is 0 Å². The van der Waals surface area contributed by atoms with Crippen LogP contribution in [0, 0.1) is 11.3 Å². The van der Waals surface area contributed by atoms with Gasteiger partial charge in [-0.25, -0.2) is 0 Å². The van der Waals surface area contributed by atoms with E-state index < -0.39 is 0 Å². The summed E-state index contributed by atoms with van der Waals surface area (Å²) in [5, 5.41) is 11.5. The number of nitrogens with zero attached hydrogens (tertiary/aromatic N) is 2. The van der Waals surface area contributed by atoms with E-state index in [1.165, 1.54) is 6.20 Å². The lowest BCUT2D eigenvalue weighted by Crippen LogP contribution is -2.11. The quantitative estimate of drug-likeness (QED) is 0.439. The predicted molar refractivity (Wildman–Crippen MR) is 58.3 cm³/mol. The molecule has 0 spiro atoms. The highest BCUT2D eigenvalue weighted by molar-refractivity contribution is 7.80. The molecular weight excluding hydrogens is 196 g/mol. The zero-order valence-electron chi connectivity index (χ0n) is 7.27. The van der Waals surface area contributed by atoms with Gasteiger partial charge in [-0.1, -0.05) is 12.2 Å². The minimum atomic E-state index is 0.0730. The highest BCUT2D eigenvalue weighted by Crippen LogP contribution is 2.03. The first kappa shape index (κ1) is 10.2. The number of aromatic nitrogens is 1. The van der Waals surface area contributed by atoms with Crippen LogP contribution in [0.2, 0.25) is 0 Å². The molecule has 0 bridgehead atoms. The summed E-state index contributed by atoms with van der Waals surface area (Å²) < 4.78 is 0. The topological polar surface area (TPSA) is 74.7 Å². The van der Waals surface area contributed by atoms with Crippen molar-refractivity contribution in [1.29, 1.82) is 5.26 Å². The molecule has 5 heteroatoms. The van der Waals surface area contributed by atoms with Crippen LogP contribution in [0.4, 0.5) is 5.69 Å². The Kier molecular flexibility index (Phi) is 3.58. The number of nitriles is 1. The minimum Gasteiger partial charge on any atom is -0.389 e. The molecule has 14 heavy (non-hydrogen) atoms. The van der Waals surface area contributed by atoms with Crippen LogP contribution >= 0.6 is 12.2 Å². The summed E-state index contributed by atoms with van der Waals surface area (Å²) in [4.78, 5) is 3.97. The van der Waals surface area contributed by atoms with Crippen molar-refractivity contribution in [2.24, 2.45) is 5.73 Å². The van der Waals surface area contributed by atoms with Crippen molar-refractivity contribution in [3.05, 3.63) is 36.3 Å². The van der Waals surface area contributed by atoms with E-state index in [2.05, 4.69) is 22.5 Å². The Morgan fingerprint density at radius 1 is 1.71 bits per heavy atom. The lowest BCUT2D eigenvalue weighted by Gasteiger charge is -1.99. The smallest absolute Gasteiger partial charge is 0.116 e. The van der Waals surface area contributed by atoms with E-state index in [1.54, 1.807) is 18.5 Å². The van der Waals surface area contributed by atoms with E-state index in [9.17, 15) is 0 Å². The number of hydrogen-bond donors (Lipinski definition) is 2. The number of anilines is 1. The van der Waals surface area contributed by atoms with Crippen LogP contribution in [0.3, 0.4) is 0 Å². The first-order valence-corrected chi connectivity index (χ1v) is 4.21. The van der Waals surface area contributed by atoms with Gasteiger partial charge in [-0.3, -0.25) is 4.98 Å². The SMILES string of the molecule is N#CC(=CNc1cccnc1)C(N)=S. The van der Waals surface area contributed by atoms with Gasteiger partial charge in [0.15, 0.2) is 0 Å². The monoisotopic (exact) mass is 204 g/mol. The lowest BCUT2D eigenvalue weighted by atomic mass is 10.3. The summed E-state index contributed by atoms with van der Waals surface area (Å²) in [7, 11) is 0. The molecule has 0 unspecified atom stereocenters. The average molecular weight is 204 g/mol. The van der Waals surface area contributed by atoms with Crippen LogP contribution in [0.15, 0.2) is 36.3 Å². The third kappa shape index (κ3) is 2.84. The average Bonchev–Trinajstić information content (AvgIpc) is 2.20. The third-order valence-corrected chi connectivity index (χ3v) is 1.65. The maximum atomic E-state index is 8.63. The molecule has 3 N–H and O–H groups in total. The van der Waals surface area contributed by atoms with Crippen LogP contribution in [-0.4, -0.2) is 9.97 Å². The van der Waals surface area contributed by atoms with Gasteiger partial charge in [-0.2, -0.15) is 5.26 Å². The Hall–Kier alpha value is -1.93. The van der Waals surface area contributed by atoms with Crippen molar-refractivity contribution in [3.63, 3.8) is 0 Å². The summed E-state index contributed by atoms with van der Waals surface area (Å²) in [5.41, 5.74) is 6.31. The molecule has 70 valence electrons. The maximum absolute atomic E-state index is 8.63. The molecule has 0 fully saturated rings. The van der Waals surface area contributed by atoms with E-state index in [4.69, 9.17) is 11.0 Å². The first-order valence-electron chi connectivity index (χ1n) is 3.80. The lowest BCUT2D eigenvalue weighted by molar-refractivity contribution is 1.32. The second-order valence-corrected chi connectivity index (χ2v) is 2.86. The highest BCUT2D eigenvalue weighted by Gasteiger charge is 1.97. The predicted octanol–water partition coefficient (Wildman–Crippen LogP) is 1.19. The summed E-state index contributed by atoms with van der Waals surface area (Å²) in [6.45, 7) is 0. The van der Waals surface area contributed by atoms with Crippen LogP contribution < -0.4 is 11.1 Å². The largest absolute Gasteiger partial charge is 0.389 e. The van der Waals surface area contributed by atoms with E-state index in [-0.39, 0.29) is 10.6 Å². The number of pyridine rings is 1. The Bertz CT molecular complexity index is 391. The summed E-state index contributed by atoms with van der Waals surface area (Å²) >= 11 is 4.66. The van der Waals surface area contributed by atoms with Crippen molar-refractivity contribution in [3.8, 4) is 6.07 Å². The van der Waals surface area contributed by atoms with Crippen LogP contribution in [0.25, 0.3) is 0 Å².